The minimum Gasteiger partial charge on any atom is -0.447 e. The van der Waals surface area contributed by atoms with Crippen molar-refractivity contribution in [3.8, 4) is 11.1 Å². The van der Waals surface area contributed by atoms with E-state index in [0.29, 0.717) is 5.76 Å². The van der Waals surface area contributed by atoms with Crippen LogP contribution in [-0.4, -0.2) is 5.11 Å². The first kappa shape index (κ1) is 13.0. The second-order valence-electron chi connectivity index (χ2n) is 4.53. The molecule has 1 N–H and O–H groups in total. The third kappa shape index (κ3) is 2.62. The maximum absolute atomic E-state index is 10.2. The molecular weight excluding hydrogens is 272 g/mol. The molecule has 3 rings (SSSR count). The number of hydrogen-bond donors (Lipinski definition) is 1. The van der Waals surface area contributed by atoms with Gasteiger partial charge in [0.05, 0.1) is 0 Å². The van der Waals surface area contributed by atoms with Gasteiger partial charge in [-0.2, -0.15) is 0 Å². The molecule has 1 heterocycles. The molecule has 3 heteroatoms. The fraction of sp³-hybridized carbons (Fsp3) is 0.0588. The van der Waals surface area contributed by atoms with Crippen molar-refractivity contribution in [3.63, 3.8) is 0 Å². The molecule has 0 aliphatic heterocycles. The van der Waals surface area contributed by atoms with Crippen molar-refractivity contribution in [1.29, 1.82) is 0 Å². The van der Waals surface area contributed by atoms with Crippen LogP contribution in [0.5, 0.6) is 0 Å². The normalized spacial score (nSPS) is 12.3. The highest BCUT2D eigenvalue weighted by Crippen LogP contribution is 2.27. The Bertz CT molecular complexity index is 687. The molecule has 20 heavy (non-hydrogen) atoms. The highest BCUT2D eigenvalue weighted by molar-refractivity contribution is 6.28. The molecule has 0 saturated heterocycles. The number of aliphatic hydroxyl groups is 1. The lowest BCUT2D eigenvalue weighted by Crippen LogP contribution is -1.97. The number of furan rings is 1. The van der Waals surface area contributed by atoms with Crippen molar-refractivity contribution in [1.82, 2.24) is 0 Å². The third-order valence-corrected chi connectivity index (χ3v) is 3.40. The van der Waals surface area contributed by atoms with Crippen LogP contribution in [0.4, 0.5) is 0 Å². The topological polar surface area (TPSA) is 33.4 Å². The lowest BCUT2D eigenvalue weighted by atomic mass is 10.0. The van der Waals surface area contributed by atoms with Gasteiger partial charge < -0.3 is 9.52 Å². The Hall–Kier alpha value is -2.03. The highest BCUT2D eigenvalue weighted by atomic mass is 35.5. The molecule has 0 bridgehead atoms. The Balaban J connectivity index is 1.86. The molecule has 1 aromatic heterocycles. The summed E-state index contributed by atoms with van der Waals surface area (Å²) in [6, 6.07) is 21.2. The summed E-state index contributed by atoms with van der Waals surface area (Å²) in [5.74, 6) is 0.447. The third-order valence-electron chi connectivity index (χ3n) is 3.20. The van der Waals surface area contributed by atoms with E-state index in [1.54, 1.807) is 12.1 Å². The van der Waals surface area contributed by atoms with E-state index in [0.717, 1.165) is 16.7 Å². The smallest absolute Gasteiger partial charge is 0.193 e. The standard InChI is InChI=1S/C17H13ClO2/c18-16-11-10-15(20-16)17(19)14-8-6-13(7-9-14)12-4-2-1-3-5-12/h1-11,17,19H. The van der Waals surface area contributed by atoms with Crippen LogP contribution in [-0.2, 0) is 0 Å². The van der Waals surface area contributed by atoms with Crippen molar-refractivity contribution in [3.05, 3.63) is 83.3 Å². The van der Waals surface area contributed by atoms with Crippen LogP contribution in [0.15, 0.2) is 71.1 Å². The number of aliphatic hydroxyl groups excluding tert-OH is 1. The summed E-state index contributed by atoms with van der Waals surface area (Å²) in [7, 11) is 0. The van der Waals surface area contributed by atoms with Crippen molar-refractivity contribution in [2.45, 2.75) is 6.10 Å². The van der Waals surface area contributed by atoms with Crippen molar-refractivity contribution in [2.75, 3.05) is 0 Å². The Morgan fingerprint density at radius 1 is 0.800 bits per heavy atom. The molecule has 1 unspecified atom stereocenters. The Morgan fingerprint density at radius 2 is 1.45 bits per heavy atom. The van der Waals surface area contributed by atoms with Gasteiger partial charge >= 0.3 is 0 Å². The van der Waals surface area contributed by atoms with Gasteiger partial charge in [0.15, 0.2) is 5.22 Å². The van der Waals surface area contributed by atoms with Crippen LogP contribution >= 0.6 is 11.6 Å². The summed E-state index contributed by atoms with van der Waals surface area (Å²) in [4.78, 5) is 0. The fourth-order valence-corrected chi connectivity index (χ4v) is 2.28. The number of hydrogen-bond acceptors (Lipinski definition) is 2. The minimum atomic E-state index is -0.799. The van der Waals surface area contributed by atoms with E-state index < -0.39 is 6.10 Å². The van der Waals surface area contributed by atoms with Crippen LogP contribution in [0.3, 0.4) is 0 Å². The molecule has 2 nitrogen and oxygen atoms in total. The zero-order chi connectivity index (χ0) is 13.9. The molecule has 3 aromatic rings. The lowest BCUT2D eigenvalue weighted by molar-refractivity contribution is 0.189. The minimum absolute atomic E-state index is 0.278. The second kappa shape index (κ2) is 5.53. The lowest BCUT2D eigenvalue weighted by Gasteiger charge is -2.09. The van der Waals surface area contributed by atoms with Gasteiger partial charge in [-0.05, 0) is 40.4 Å². The van der Waals surface area contributed by atoms with E-state index in [9.17, 15) is 5.11 Å². The van der Waals surface area contributed by atoms with Gasteiger partial charge in [-0.25, -0.2) is 0 Å². The first-order valence-corrected chi connectivity index (χ1v) is 6.70. The molecule has 100 valence electrons. The van der Waals surface area contributed by atoms with E-state index in [-0.39, 0.29) is 5.22 Å². The quantitative estimate of drug-likeness (QED) is 0.757. The summed E-state index contributed by atoms with van der Waals surface area (Å²) >= 11 is 5.72. The van der Waals surface area contributed by atoms with Crippen molar-refractivity contribution >= 4 is 11.6 Å². The monoisotopic (exact) mass is 284 g/mol. The fourth-order valence-electron chi connectivity index (χ4n) is 2.13. The van der Waals surface area contributed by atoms with Crippen LogP contribution in [0.1, 0.15) is 17.4 Å². The first-order chi connectivity index (χ1) is 9.74. The molecular formula is C17H13ClO2. The van der Waals surface area contributed by atoms with Crippen molar-refractivity contribution in [2.24, 2.45) is 0 Å². The summed E-state index contributed by atoms with van der Waals surface area (Å²) in [5.41, 5.74) is 3.03. The van der Waals surface area contributed by atoms with Gasteiger partial charge in [0.25, 0.3) is 0 Å². The Kier molecular flexibility index (Phi) is 3.59. The van der Waals surface area contributed by atoms with Crippen LogP contribution in [0.2, 0.25) is 5.22 Å². The van der Waals surface area contributed by atoms with Gasteiger partial charge in [0.1, 0.15) is 11.9 Å². The molecule has 0 aliphatic rings. The predicted molar refractivity (Wildman–Crippen MR) is 79.7 cm³/mol. The molecule has 0 spiro atoms. The number of benzene rings is 2. The van der Waals surface area contributed by atoms with Crippen LogP contribution < -0.4 is 0 Å². The Morgan fingerprint density at radius 3 is 2.05 bits per heavy atom. The first-order valence-electron chi connectivity index (χ1n) is 6.33. The predicted octanol–water partition coefficient (Wildman–Crippen LogP) is 4.68. The van der Waals surface area contributed by atoms with Crippen LogP contribution in [0.25, 0.3) is 11.1 Å². The van der Waals surface area contributed by atoms with E-state index >= 15 is 0 Å². The molecule has 1 atom stereocenters. The summed E-state index contributed by atoms with van der Waals surface area (Å²) in [6.45, 7) is 0. The zero-order valence-electron chi connectivity index (χ0n) is 10.7. The van der Waals surface area contributed by atoms with Gasteiger partial charge in [-0.3, -0.25) is 0 Å². The van der Waals surface area contributed by atoms with Gasteiger partial charge in [-0.1, -0.05) is 54.6 Å². The Labute approximate surface area is 122 Å². The SMILES string of the molecule is OC(c1ccc(-c2ccccc2)cc1)c1ccc(Cl)o1. The van der Waals surface area contributed by atoms with Gasteiger partial charge in [-0.15, -0.1) is 0 Å². The van der Waals surface area contributed by atoms with E-state index in [1.807, 2.05) is 42.5 Å². The summed E-state index contributed by atoms with van der Waals surface area (Å²) in [6.07, 6.45) is -0.799. The molecule has 2 aromatic carbocycles. The van der Waals surface area contributed by atoms with Crippen LogP contribution in [0, 0.1) is 0 Å². The zero-order valence-corrected chi connectivity index (χ0v) is 11.4. The average molecular weight is 285 g/mol. The average Bonchev–Trinajstić information content (AvgIpc) is 2.94. The van der Waals surface area contributed by atoms with Gasteiger partial charge in [0.2, 0.25) is 0 Å². The molecule has 0 saturated carbocycles. The summed E-state index contributed by atoms with van der Waals surface area (Å²) < 4.78 is 5.23. The molecule has 0 radical (unpaired) electrons. The maximum Gasteiger partial charge on any atom is 0.193 e. The van der Waals surface area contributed by atoms with Gasteiger partial charge in [0, 0.05) is 0 Å². The van der Waals surface area contributed by atoms with E-state index in [2.05, 4.69) is 12.1 Å². The molecule has 0 fully saturated rings. The van der Waals surface area contributed by atoms with E-state index in [1.165, 1.54) is 0 Å². The maximum atomic E-state index is 10.2. The number of rotatable bonds is 3. The molecule has 0 aliphatic carbocycles. The second-order valence-corrected chi connectivity index (χ2v) is 4.90. The largest absolute Gasteiger partial charge is 0.447 e. The van der Waals surface area contributed by atoms with E-state index in [4.69, 9.17) is 16.0 Å². The van der Waals surface area contributed by atoms with Crippen molar-refractivity contribution < 1.29 is 9.52 Å². The number of halogens is 1. The summed E-state index contributed by atoms with van der Waals surface area (Å²) in [5, 5.41) is 10.5. The highest BCUT2D eigenvalue weighted by Gasteiger charge is 2.14. The molecule has 0 amide bonds.